The van der Waals surface area contributed by atoms with Gasteiger partial charge in [0.25, 0.3) is 0 Å². The smallest absolute Gasteiger partial charge is 0.203 e. The van der Waals surface area contributed by atoms with Crippen molar-refractivity contribution in [2.24, 2.45) is 5.73 Å². The number of ether oxygens (including phenoxy) is 3. The van der Waals surface area contributed by atoms with Crippen LogP contribution in [-0.4, -0.2) is 27.9 Å². The summed E-state index contributed by atoms with van der Waals surface area (Å²) in [5, 5.41) is 0. The van der Waals surface area contributed by atoms with E-state index in [0.717, 1.165) is 0 Å². The van der Waals surface area contributed by atoms with Gasteiger partial charge in [-0.3, -0.25) is 0 Å². The Labute approximate surface area is 94.1 Å². The highest BCUT2D eigenvalue weighted by Crippen LogP contribution is 2.40. The van der Waals surface area contributed by atoms with Crippen molar-refractivity contribution < 1.29 is 18.6 Å². The quantitative estimate of drug-likeness (QED) is 0.834. The van der Waals surface area contributed by atoms with E-state index in [4.69, 9.17) is 19.9 Å². The molecule has 0 bridgehead atoms. The number of alkyl halides is 1. The Morgan fingerprint density at radius 2 is 1.62 bits per heavy atom. The number of hydrogen-bond donors (Lipinski definition) is 1. The molecule has 4 nitrogen and oxygen atoms in total. The molecule has 0 saturated carbocycles. The van der Waals surface area contributed by atoms with Crippen LogP contribution in [0.2, 0.25) is 0 Å². The summed E-state index contributed by atoms with van der Waals surface area (Å²) in [4.78, 5) is 0. The molecule has 1 rings (SSSR count). The lowest BCUT2D eigenvalue weighted by molar-refractivity contribution is 0.316. The van der Waals surface area contributed by atoms with Gasteiger partial charge in [0.15, 0.2) is 11.5 Å². The van der Waals surface area contributed by atoms with Gasteiger partial charge in [-0.2, -0.15) is 0 Å². The predicted octanol–water partition coefficient (Wildman–Crippen LogP) is 1.68. The summed E-state index contributed by atoms with van der Waals surface area (Å²) in [6, 6.07) is 3.11. The number of hydrogen-bond acceptors (Lipinski definition) is 4. The van der Waals surface area contributed by atoms with Crippen molar-refractivity contribution in [3.63, 3.8) is 0 Å². The van der Waals surface area contributed by atoms with Crippen molar-refractivity contribution in [1.82, 2.24) is 0 Å². The zero-order valence-electron chi connectivity index (χ0n) is 9.62. The molecule has 16 heavy (non-hydrogen) atoms. The third-order valence-electron chi connectivity index (χ3n) is 2.26. The monoisotopic (exact) mass is 229 g/mol. The molecule has 0 aliphatic heterocycles. The van der Waals surface area contributed by atoms with Crippen LogP contribution in [-0.2, 0) is 0 Å². The molecule has 2 N–H and O–H groups in total. The van der Waals surface area contributed by atoms with Gasteiger partial charge in [0.1, 0.15) is 6.17 Å². The van der Waals surface area contributed by atoms with Gasteiger partial charge in [-0.25, -0.2) is 4.39 Å². The summed E-state index contributed by atoms with van der Waals surface area (Å²) in [6.45, 7) is -0.0847. The van der Waals surface area contributed by atoms with Crippen LogP contribution in [0.3, 0.4) is 0 Å². The molecule has 0 radical (unpaired) electrons. The lowest BCUT2D eigenvalue weighted by Gasteiger charge is -2.15. The van der Waals surface area contributed by atoms with E-state index in [0.29, 0.717) is 22.8 Å². The van der Waals surface area contributed by atoms with Crippen LogP contribution in [0.5, 0.6) is 17.2 Å². The summed E-state index contributed by atoms with van der Waals surface area (Å²) in [6.07, 6.45) is -1.24. The van der Waals surface area contributed by atoms with Gasteiger partial charge in [0.2, 0.25) is 5.75 Å². The Bertz CT molecular complexity index is 332. The van der Waals surface area contributed by atoms with Crippen molar-refractivity contribution in [3.8, 4) is 17.2 Å². The predicted molar refractivity (Wildman–Crippen MR) is 59.0 cm³/mol. The van der Waals surface area contributed by atoms with E-state index >= 15 is 0 Å². The fraction of sp³-hybridized carbons (Fsp3) is 0.455. The standard InChI is InChI=1S/C11H16FNO3/c1-14-9-4-7(8(12)6-13)5-10(15-2)11(9)16-3/h4-5,8H,6,13H2,1-3H3. The zero-order chi connectivity index (χ0) is 12.1. The Morgan fingerprint density at radius 3 is 1.94 bits per heavy atom. The molecule has 0 aliphatic carbocycles. The number of nitrogens with two attached hydrogens (primary N) is 1. The summed E-state index contributed by atoms with van der Waals surface area (Å²) in [5.74, 6) is 1.29. The van der Waals surface area contributed by atoms with Gasteiger partial charge in [0, 0.05) is 6.54 Å². The average Bonchev–Trinajstić information content (AvgIpc) is 2.35. The van der Waals surface area contributed by atoms with Crippen LogP contribution in [0.15, 0.2) is 12.1 Å². The number of halogens is 1. The molecule has 1 unspecified atom stereocenters. The molecule has 0 saturated heterocycles. The number of methoxy groups -OCH3 is 3. The molecular formula is C11H16FNO3. The first-order valence-electron chi connectivity index (χ1n) is 4.82. The molecule has 90 valence electrons. The normalized spacial score (nSPS) is 12.1. The van der Waals surface area contributed by atoms with Crippen LogP contribution in [0.25, 0.3) is 0 Å². The zero-order valence-corrected chi connectivity index (χ0v) is 9.62. The average molecular weight is 229 g/mol. The Balaban J connectivity index is 3.25. The third kappa shape index (κ3) is 2.36. The summed E-state index contributed by atoms with van der Waals surface area (Å²) >= 11 is 0. The molecule has 0 amide bonds. The van der Waals surface area contributed by atoms with Crippen molar-refractivity contribution >= 4 is 0 Å². The highest BCUT2D eigenvalue weighted by atomic mass is 19.1. The fourth-order valence-corrected chi connectivity index (χ4v) is 1.42. The fourth-order valence-electron chi connectivity index (χ4n) is 1.42. The van der Waals surface area contributed by atoms with Gasteiger partial charge in [-0.1, -0.05) is 0 Å². The molecule has 0 fully saturated rings. The Kier molecular flexibility index (Phi) is 4.37. The van der Waals surface area contributed by atoms with Crippen LogP contribution >= 0.6 is 0 Å². The van der Waals surface area contributed by atoms with Gasteiger partial charge < -0.3 is 19.9 Å². The summed E-state index contributed by atoms with van der Waals surface area (Å²) in [7, 11) is 4.46. The Morgan fingerprint density at radius 1 is 1.12 bits per heavy atom. The molecule has 0 aliphatic rings. The maximum absolute atomic E-state index is 13.5. The minimum Gasteiger partial charge on any atom is -0.493 e. The van der Waals surface area contributed by atoms with Crippen molar-refractivity contribution in [1.29, 1.82) is 0 Å². The van der Waals surface area contributed by atoms with Gasteiger partial charge in [-0.15, -0.1) is 0 Å². The topological polar surface area (TPSA) is 53.7 Å². The number of benzene rings is 1. The molecule has 5 heteroatoms. The van der Waals surface area contributed by atoms with Crippen molar-refractivity contribution in [2.75, 3.05) is 27.9 Å². The lowest BCUT2D eigenvalue weighted by atomic mass is 10.1. The Hall–Kier alpha value is -1.49. The largest absolute Gasteiger partial charge is 0.493 e. The van der Waals surface area contributed by atoms with E-state index in [1.165, 1.54) is 21.3 Å². The first kappa shape index (κ1) is 12.6. The summed E-state index contributed by atoms with van der Waals surface area (Å²) in [5.41, 5.74) is 5.68. The van der Waals surface area contributed by atoms with Gasteiger partial charge >= 0.3 is 0 Å². The first-order chi connectivity index (χ1) is 7.67. The van der Waals surface area contributed by atoms with E-state index in [2.05, 4.69) is 0 Å². The molecule has 1 atom stereocenters. The van der Waals surface area contributed by atoms with E-state index in [9.17, 15) is 4.39 Å². The van der Waals surface area contributed by atoms with Crippen molar-refractivity contribution in [3.05, 3.63) is 17.7 Å². The molecular weight excluding hydrogens is 213 g/mol. The third-order valence-corrected chi connectivity index (χ3v) is 2.26. The van der Waals surface area contributed by atoms with Crippen molar-refractivity contribution in [2.45, 2.75) is 6.17 Å². The van der Waals surface area contributed by atoms with E-state index in [1.54, 1.807) is 12.1 Å². The number of rotatable bonds is 5. The molecule has 0 heterocycles. The minimum absolute atomic E-state index is 0.0847. The van der Waals surface area contributed by atoms with Crippen LogP contribution in [0.1, 0.15) is 11.7 Å². The second-order valence-electron chi connectivity index (χ2n) is 3.16. The maximum Gasteiger partial charge on any atom is 0.203 e. The highest BCUT2D eigenvalue weighted by molar-refractivity contribution is 5.54. The second-order valence-corrected chi connectivity index (χ2v) is 3.16. The van der Waals surface area contributed by atoms with Gasteiger partial charge in [-0.05, 0) is 17.7 Å². The molecule has 1 aromatic carbocycles. The lowest BCUT2D eigenvalue weighted by Crippen LogP contribution is -2.08. The highest BCUT2D eigenvalue weighted by Gasteiger charge is 2.17. The van der Waals surface area contributed by atoms with Crippen LogP contribution in [0, 0.1) is 0 Å². The molecule has 0 spiro atoms. The van der Waals surface area contributed by atoms with Crippen LogP contribution in [0.4, 0.5) is 4.39 Å². The van der Waals surface area contributed by atoms with E-state index in [-0.39, 0.29) is 6.54 Å². The molecule has 0 aromatic heterocycles. The maximum atomic E-state index is 13.5. The summed E-state index contributed by atoms with van der Waals surface area (Å²) < 4.78 is 28.8. The van der Waals surface area contributed by atoms with Crippen LogP contribution < -0.4 is 19.9 Å². The van der Waals surface area contributed by atoms with Gasteiger partial charge in [0.05, 0.1) is 21.3 Å². The van der Waals surface area contributed by atoms with E-state index in [1.807, 2.05) is 0 Å². The SMILES string of the molecule is COc1cc(C(F)CN)cc(OC)c1OC. The minimum atomic E-state index is -1.24. The second kappa shape index (κ2) is 5.55. The van der Waals surface area contributed by atoms with E-state index < -0.39 is 6.17 Å². The molecule has 1 aromatic rings. The first-order valence-corrected chi connectivity index (χ1v) is 4.82.